The zero-order valence-electron chi connectivity index (χ0n) is 15.9. The number of fused-ring (bicyclic) bond motifs is 1. The first-order valence-corrected chi connectivity index (χ1v) is 10.6. The molecule has 2 fully saturated rings. The van der Waals surface area contributed by atoms with Gasteiger partial charge in [-0.3, -0.25) is 0 Å². The van der Waals surface area contributed by atoms with Crippen LogP contribution < -0.4 is 10.1 Å². The molecule has 1 aromatic carbocycles. The molecular formula is C22H33NO3. The van der Waals surface area contributed by atoms with Gasteiger partial charge in [0, 0.05) is 6.61 Å². The van der Waals surface area contributed by atoms with Gasteiger partial charge in [0.25, 0.3) is 0 Å². The summed E-state index contributed by atoms with van der Waals surface area (Å²) >= 11 is 0. The third kappa shape index (κ3) is 4.41. The molecule has 1 aliphatic carbocycles. The van der Waals surface area contributed by atoms with Crippen molar-refractivity contribution in [1.29, 1.82) is 0 Å². The maximum Gasteiger partial charge on any atom is 0.157 e. The number of piperidine rings is 1. The van der Waals surface area contributed by atoms with Gasteiger partial charge in [0.15, 0.2) is 6.29 Å². The van der Waals surface area contributed by atoms with Gasteiger partial charge in [-0.25, -0.2) is 0 Å². The second-order valence-electron chi connectivity index (χ2n) is 7.87. The first kappa shape index (κ1) is 18.3. The van der Waals surface area contributed by atoms with Crippen LogP contribution in [-0.2, 0) is 22.3 Å². The molecule has 1 N–H and O–H groups in total. The Morgan fingerprint density at radius 2 is 1.85 bits per heavy atom. The maximum absolute atomic E-state index is 6.38. The molecule has 3 aliphatic rings. The summed E-state index contributed by atoms with van der Waals surface area (Å²) in [4.78, 5) is 0. The van der Waals surface area contributed by atoms with Gasteiger partial charge in [0.1, 0.15) is 12.4 Å². The lowest BCUT2D eigenvalue weighted by Crippen LogP contribution is -2.27. The molecule has 0 aromatic heterocycles. The summed E-state index contributed by atoms with van der Waals surface area (Å²) in [6, 6.07) is 4.71. The summed E-state index contributed by atoms with van der Waals surface area (Å²) < 4.78 is 17.9. The Kier molecular flexibility index (Phi) is 6.47. The molecule has 0 bridgehead atoms. The molecule has 1 aromatic rings. The molecule has 4 rings (SSSR count). The van der Waals surface area contributed by atoms with E-state index in [-0.39, 0.29) is 6.29 Å². The third-order valence-corrected chi connectivity index (χ3v) is 6.06. The summed E-state index contributed by atoms with van der Waals surface area (Å²) in [5.41, 5.74) is 4.41. The van der Waals surface area contributed by atoms with Gasteiger partial charge in [-0.2, -0.15) is 0 Å². The van der Waals surface area contributed by atoms with Gasteiger partial charge in [-0.15, -0.1) is 0 Å². The lowest BCUT2D eigenvalue weighted by atomic mass is 9.83. The summed E-state index contributed by atoms with van der Waals surface area (Å²) in [7, 11) is 0. The van der Waals surface area contributed by atoms with E-state index in [2.05, 4.69) is 17.4 Å². The molecule has 2 heterocycles. The molecule has 0 saturated carbocycles. The van der Waals surface area contributed by atoms with Crippen LogP contribution in [0.25, 0.3) is 0 Å². The minimum Gasteiger partial charge on any atom is -0.491 e. The van der Waals surface area contributed by atoms with Crippen LogP contribution in [0.3, 0.4) is 0 Å². The standard InChI is InChI=1S/C22H33NO3/c1-2-6-19-17(5-1)8-9-20(18-10-12-23-13-11-18)22(19)26-16-15-25-21-7-3-4-14-24-21/h8-9,18,21,23H,1-7,10-16H2. The number of benzene rings is 1. The van der Waals surface area contributed by atoms with Gasteiger partial charge in [-0.1, -0.05) is 12.1 Å². The van der Waals surface area contributed by atoms with Crippen LogP contribution in [0, 0.1) is 0 Å². The first-order chi connectivity index (χ1) is 12.9. The van der Waals surface area contributed by atoms with Crippen molar-refractivity contribution in [2.75, 3.05) is 32.9 Å². The van der Waals surface area contributed by atoms with Gasteiger partial charge in [0.05, 0.1) is 6.61 Å². The average Bonchev–Trinajstić information content (AvgIpc) is 2.72. The number of rotatable bonds is 6. The Bertz CT molecular complexity index is 577. The molecule has 4 nitrogen and oxygen atoms in total. The van der Waals surface area contributed by atoms with Gasteiger partial charge < -0.3 is 19.5 Å². The van der Waals surface area contributed by atoms with Gasteiger partial charge >= 0.3 is 0 Å². The zero-order valence-corrected chi connectivity index (χ0v) is 15.9. The molecule has 1 unspecified atom stereocenters. The van der Waals surface area contributed by atoms with E-state index < -0.39 is 0 Å². The molecule has 2 aliphatic heterocycles. The highest BCUT2D eigenvalue weighted by Crippen LogP contribution is 2.39. The summed E-state index contributed by atoms with van der Waals surface area (Å²) in [5, 5.41) is 3.48. The molecule has 0 spiro atoms. The number of hydrogen-bond acceptors (Lipinski definition) is 4. The highest BCUT2D eigenvalue weighted by atomic mass is 16.7. The lowest BCUT2D eigenvalue weighted by molar-refractivity contribution is -0.165. The number of ether oxygens (including phenoxy) is 3. The fourth-order valence-electron chi connectivity index (χ4n) is 4.60. The van der Waals surface area contributed by atoms with Gasteiger partial charge in [0.2, 0.25) is 0 Å². The van der Waals surface area contributed by atoms with Crippen molar-refractivity contribution in [3.05, 3.63) is 28.8 Å². The average molecular weight is 360 g/mol. The van der Waals surface area contributed by atoms with Crippen LogP contribution in [-0.4, -0.2) is 39.2 Å². The molecule has 0 amide bonds. The minimum atomic E-state index is -0.0269. The monoisotopic (exact) mass is 359 g/mol. The quantitative estimate of drug-likeness (QED) is 0.781. The van der Waals surface area contributed by atoms with E-state index in [1.165, 1.54) is 61.0 Å². The van der Waals surface area contributed by atoms with E-state index in [1.54, 1.807) is 0 Å². The van der Waals surface area contributed by atoms with Crippen LogP contribution in [0.4, 0.5) is 0 Å². The van der Waals surface area contributed by atoms with Crippen LogP contribution in [0.5, 0.6) is 5.75 Å². The van der Waals surface area contributed by atoms with Crippen LogP contribution in [0.2, 0.25) is 0 Å². The summed E-state index contributed by atoms with van der Waals surface area (Å²) in [6.45, 7) is 4.29. The van der Waals surface area contributed by atoms with E-state index in [4.69, 9.17) is 14.2 Å². The third-order valence-electron chi connectivity index (χ3n) is 6.06. The summed E-state index contributed by atoms with van der Waals surface area (Å²) in [6.07, 6.45) is 10.7. The Morgan fingerprint density at radius 3 is 2.69 bits per heavy atom. The van der Waals surface area contributed by atoms with Crippen molar-refractivity contribution in [1.82, 2.24) is 5.32 Å². The number of hydrogen-bond donors (Lipinski definition) is 1. The molecule has 2 saturated heterocycles. The molecule has 26 heavy (non-hydrogen) atoms. The van der Waals surface area contributed by atoms with Crippen LogP contribution >= 0.6 is 0 Å². The molecule has 0 radical (unpaired) electrons. The summed E-state index contributed by atoms with van der Waals surface area (Å²) in [5.74, 6) is 1.81. The fourth-order valence-corrected chi connectivity index (χ4v) is 4.60. The Hall–Kier alpha value is -1.10. The topological polar surface area (TPSA) is 39.7 Å². The van der Waals surface area contributed by atoms with Crippen molar-refractivity contribution >= 4 is 0 Å². The second-order valence-corrected chi connectivity index (χ2v) is 7.87. The number of aryl methyl sites for hydroxylation is 1. The van der Waals surface area contributed by atoms with Crippen molar-refractivity contribution in [2.24, 2.45) is 0 Å². The minimum absolute atomic E-state index is 0.0269. The Morgan fingerprint density at radius 1 is 0.962 bits per heavy atom. The van der Waals surface area contributed by atoms with E-state index >= 15 is 0 Å². The highest BCUT2D eigenvalue weighted by Gasteiger charge is 2.24. The van der Waals surface area contributed by atoms with E-state index in [0.29, 0.717) is 19.1 Å². The zero-order chi connectivity index (χ0) is 17.6. The molecule has 1 atom stereocenters. The van der Waals surface area contributed by atoms with Crippen molar-refractivity contribution in [2.45, 2.75) is 70.0 Å². The fraction of sp³-hybridized carbons (Fsp3) is 0.727. The molecule has 144 valence electrons. The molecule has 4 heteroatoms. The van der Waals surface area contributed by atoms with E-state index in [9.17, 15) is 0 Å². The Balaban J connectivity index is 1.43. The highest BCUT2D eigenvalue weighted by molar-refractivity contribution is 5.49. The predicted octanol–water partition coefficient (Wildman–Crippen LogP) is 3.95. The SMILES string of the molecule is c1cc(C2CCNCC2)c(OCCOC2CCCCO2)c2c1CCCC2. The van der Waals surface area contributed by atoms with E-state index in [1.807, 2.05) is 0 Å². The van der Waals surface area contributed by atoms with Crippen molar-refractivity contribution in [3.63, 3.8) is 0 Å². The van der Waals surface area contributed by atoms with Crippen LogP contribution in [0.15, 0.2) is 12.1 Å². The largest absolute Gasteiger partial charge is 0.491 e. The maximum atomic E-state index is 6.38. The van der Waals surface area contributed by atoms with Crippen molar-refractivity contribution < 1.29 is 14.2 Å². The van der Waals surface area contributed by atoms with Gasteiger partial charge in [-0.05, 0) is 93.5 Å². The lowest BCUT2D eigenvalue weighted by Gasteiger charge is -2.29. The predicted molar refractivity (Wildman–Crippen MR) is 103 cm³/mol. The van der Waals surface area contributed by atoms with Crippen molar-refractivity contribution in [3.8, 4) is 5.75 Å². The second kappa shape index (κ2) is 9.20. The number of nitrogens with one attached hydrogen (secondary N) is 1. The molecular weight excluding hydrogens is 326 g/mol. The first-order valence-electron chi connectivity index (χ1n) is 10.6. The smallest absolute Gasteiger partial charge is 0.157 e. The Labute approximate surface area is 157 Å². The van der Waals surface area contributed by atoms with Crippen LogP contribution in [0.1, 0.15) is 67.6 Å². The van der Waals surface area contributed by atoms with E-state index in [0.717, 1.165) is 39.0 Å². The normalized spacial score (nSPS) is 24.2.